The highest BCUT2D eigenvalue weighted by molar-refractivity contribution is 5.71. The normalized spacial score (nSPS) is 18.6. The molecule has 9 heteroatoms. The number of carbonyl (C=O) groups excluding carboxylic acids is 1. The largest absolute Gasteiger partial charge is 0.444 e. The van der Waals surface area contributed by atoms with E-state index in [2.05, 4.69) is 17.1 Å². The topological polar surface area (TPSA) is 85.2 Å². The Morgan fingerprint density at radius 1 is 1.19 bits per heavy atom. The van der Waals surface area contributed by atoms with Crippen LogP contribution in [0.1, 0.15) is 69.0 Å². The van der Waals surface area contributed by atoms with Gasteiger partial charge in [-0.3, -0.25) is 4.57 Å². The highest BCUT2D eigenvalue weighted by Gasteiger charge is 2.49. The molecule has 0 unspecified atom stereocenters. The van der Waals surface area contributed by atoms with Crippen molar-refractivity contribution in [1.82, 2.24) is 24.2 Å². The Bertz CT molecular complexity index is 1410. The van der Waals surface area contributed by atoms with Crippen molar-refractivity contribution in [2.24, 2.45) is 0 Å². The molecule has 0 fully saturated rings. The molecule has 190 valence electrons. The van der Waals surface area contributed by atoms with Crippen molar-refractivity contribution in [3.63, 3.8) is 0 Å². The van der Waals surface area contributed by atoms with Crippen molar-refractivity contribution in [2.75, 3.05) is 6.54 Å². The molecule has 0 saturated carbocycles. The molecule has 8 nitrogen and oxygen atoms in total. The number of carbonyl (C=O) groups is 1. The van der Waals surface area contributed by atoms with Gasteiger partial charge in [-0.25, -0.2) is 18.7 Å². The fourth-order valence-corrected chi connectivity index (χ4v) is 5.40. The van der Waals surface area contributed by atoms with Crippen LogP contribution in [-0.2, 0) is 10.2 Å². The molecule has 1 N–H and O–H groups in total. The van der Waals surface area contributed by atoms with Gasteiger partial charge in [-0.2, -0.15) is 5.10 Å². The molecule has 0 radical (unpaired) electrons. The Balaban J connectivity index is 1.78. The van der Waals surface area contributed by atoms with Crippen LogP contribution < -0.4 is 5.69 Å². The number of nitrogens with zero attached hydrogens (tertiary/aromatic N) is 4. The van der Waals surface area contributed by atoms with Gasteiger partial charge in [0.15, 0.2) is 0 Å². The Morgan fingerprint density at radius 3 is 2.39 bits per heavy atom. The number of fused-ring (bicyclic) bond motifs is 2. The summed E-state index contributed by atoms with van der Waals surface area (Å²) < 4.78 is 23.5. The zero-order valence-electron chi connectivity index (χ0n) is 21.6. The van der Waals surface area contributed by atoms with Gasteiger partial charge in [-0.15, -0.1) is 0 Å². The van der Waals surface area contributed by atoms with Crippen molar-refractivity contribution in [3.8, 4) is 11.5 Å². The number of hydrogen-bond acceptors (Lipinski definition) is 4. The van der Waals surface area contributed by atoms with E-state index >= 15 is 0 Å². The molecule has 36 heavy (non-hydrogen) atoms. The van der Waals surface area contributed by atoms with Gasteiger partial charge in [0, 0.05) is 29.9 Å². The molecule has 0 saturated heterocycles. The van der Waals surface area contributed by atoms with Gasteiger partial charge in [-0.05, 0) is 77.6 Å². The minimum Gasteiger partial charge on any atom is -0.444 e. The molecule has 1 aliphatic heterocycles. The van der Waals surface area contributed by atoms with Gasteiger partial charge in [0.05, 0.1) is 17.4 Å². The number of imidazole rings is 1. The second-order valence-electron chi connectivity index (χ2n) is 11.0. The summed E-state index contributed by atoms with van der Waals surface area (Å²) in [5.74, 6) is 0.269. The maximum absolute atomic E-state index is 14.5. The molecular formula is C27H32FN5O3. The van der Waals surface area contributed by atoms with Gasteiger partial charge in [0.1, 0.15) is 17.2 Å². The van der Waals surface area contributed by atoms with Crippen LogP contribution in [0.15, 0.2) is 41.5 Å². The number of amides is 1. The van der Waals surface area contributed by atoms with E-state index in [1.807, 2.05) is 27.7 Å². The highest BCUT2D eigenvalue weighted by atomic mass is 19.1. The first-order chi connectivity index (χ1) is 16.9. The summed E-state index contributed by atoms with van der Waals surface area (Å²) >= 11 is 0. The van der Waals surface area contributed by atoms with Crippen LogP contribution in [0.3, 0.4) is 0 Å². The molecule has 1 aromatic carbocycles. The SMILES string of the molecule is Cc1cc(-n2nc3c(c2-n2cc[nH]c2=O)[C@H](C)N(C(=O)OC(C)(C)C)CC32CC=CC2)cc(C)c1F. The second kappa shape index (κ2) is 8.21. The predicted molar refractivity (Wildman–Crippen MR) is 134 cm³/mol. The minimum absolute atomic E-state index is 0.267. The van der Waals surface area contributed by atoms with Gasteiger partial charge in [0.2, 0.25) is 0 Å². The summed E-state index contributed by atoms with van der Waals surface area (Å²) in [6.07, 6.45) is 8.47. The van der Waals surface area contributed by atoms with Crippen molar-refractivity contribution < 1.29 is 13.9 Å². The average molecular weight is 494 g/mol. The third-order valence-corrected chi connectivity index (χ3v) is 7.11. The van der Waals surface area contributed by atoms with Crippen LogP contribution in [0.4, 0.5) is 9.18 Å². The van der Waals surface area contributed by atoms with E-state index < -0.39 is 23.2 Å². The molecule has 1 spiro atoms. The molecule has 2 aliphatic rings. The Kier molecular flexibility index (Phi) is 5.50. The summed E-state index contributed by atoms with van der Waals surface area (Å²) in [6.45, 7) is 11.4. The van der Waals surface area contributed by atoms with Crippen molar-refractivity contribution in [3.05, 3.63) is 75.4 Å². The molecule has 3 aromatic rings. The van der Waals surface area contributed by atoms with Crippen LogP contribution in [0.5, 0.6) is 0 Å². The quantitative estimate of drug-likeness (QED) is 0.509. The van der Waals surface area contributed by atoms with Gasteiger partial charge in [0.25, 0.3) is 0 Å². The standard InChI is InChI=1S/C27H32FN5O3/c1-16-13-19(14-17(2)21(16)28)33-23(31-12-11-29-24(31)34)20-18(3)32(25(35)36-26(4,5)6)15-27(22(20)30-33)9-7-8-10-27/h7-8,11-14,18H,9-10,15H2,1-6H3,(H,29,34)/t18-/m0/s1. The molecule has 1 atom stereocenters. The van der Waals surface area contributed by atoms with Crippen LogP contribution in [-0.4, -0.2) is 42.5 Å². The van der Waals surface area contributed by atoms with Crippen LogP contribution in [0, 0.1) is 19.7 Å². The molecule has 5 rings (SSSR count). The van der Waals surface area contributed by atoms with E-state index in [0.29, 0.717) is 42.0 Å². The lowest BCUT2D eigenvalue weighted by Gasteiger charge is -2.43. The maximum Gasteiger partial charge on any atom is 0.410 e. The van der Waals surface area contributed by atoms with E-state index in [1.54, 1.807) is 48.0 Å². The number of rotatable bonds is 2. The molecule has 1 aliphatic carbocycles. The van der Waals surface area contributed by atoms with Crippen molar-refractivity contribution >= 4 is 6.09 Å². The van der Waals surface area contributed by atoms with E-state index in [9.17, 15) is 14.0 Å². The number of allylic oxidation sites excluding steroid dienone is 2. The number of H-pyrrole nitrogens is 1. The van der Waals surface area contributed by atoms with Crippen LogP contribution in [0.25, 0.3) is 11.5 Å². The van der Waals surface area contributed by atoms with Crippen LogP contribution in [0.2, 0.25) is 0 Å². The Morgan fingerprint density at radius 2 is 1.83 bits per heavy atom. The number of aryl methyl sites for hydroxylation is 2. The highest BCUT2D eigenvalue weighted by Crippen LogP contribution is 2.48. The Hall–Kier alpha value is -3.62. The first-order valence-electron chi connectivity index (χ1n) is 12.2. The number of benzene rings is 1. The second-order valence-corrected chi connectivity index (χ2v) is 11.0. The number of halogens is 1. The monoisotopic (exact) mass is 493 g/mol. The summed E-state index contributed by atoms with van der Waals surface area (Å²) in [7, 11) is 0. The van der Waals surface area contributed by atoms with Crippen LogP contribution >= 0.6 is 0 Å². The summed E-state index contributed by atoms with van der Waals surface area (Å²) in [4.78, 5) is 30.7. The molecule has 3 heterocycles. The van der Waals surface area contributed by atoms with Crippen molar-refractivity contribution in [2.45, 2.75) is 71.4 Å². The zero-order valence-corrected chi connectivity index (χ0v) is 21.6. The smallest absolute Gasteiger partial charge is 0.410 e. The number of aromatic amines is 1. The third kappa shape index (κ3) is 3.77. The number of aromatic nitrogens is 4. The van der Waals surface area contributed by atoms with E-state index in [-0.39, 0.29) is 11.5 Å². The third-order valence-electron chi connectivity index (χ3n) is 7.11. The number of nitrogens with one attached hydrogen (secondary N) is 1. The minimum atomic E-state index is -0.647. The van der Waals surface area contributed by atoms with E-state index in [4.69, 9.17) is 9.84 Å². The molecule has 1 amide bonds. The number of hydrogen-bond donors (Lipinski definition) is 1. The molecular weight excluding hydrogens is 461 g/mol. The van der Waals surface area contributed by atoms with Gasteiger partial charge in [-0.1, -0.05) is 12.2 Å². The lowest BCUT2D eigenvalue weighted by atomic mass is 9.75. The van der Waals surface area contributed by atoms with Gasteiger partial charge >= 0.3 is 11.8 Å². The fourth-order valence-electron chi connectivity index (χ4n) is 5.40. The molecule has 0 bridgehead atoms. The summed E-state index contributed by atoms with van der Waals surface area (Å²) in [5.41, 5.74) is 1.86. The fraction of sp³-hybridized carbons (Fsp3) is 0.444. The van der Waals surface area contributed by atoms with Crippen molar-refractivity contribution in [1.29, 1.82) is 0 Å². The van der Waals surface area contributed by atoms with Gasteiger partial charge < -0.3 is 14.6 Å². The molecule has 2 aromatic heterocycles. The zero-order chi connectivity index (χ0) is 26.0. The number of ether oxygens (including phenoxy) is 1. The first-order valence-corrected chi connectivity index (χ1v) is 12.2. The Labute approximate surface area is 209 Å². The lowest BCUT2D eigenvalue weighted by molar-refractivity contribution is 0.00846. The summed E-state index contributed by atoms with van der Waals surface area (Å²) in [6, 6.07) is 3.06. The lowest BCUT2D eigenvalue weighted by Crippen LogP contribution is -2.50. The predicted octanol–water partition coefficient (Wildman–Crippen LogP) is 5.01. The van der Waals surface area contributed by atoms with E-state index in [1.165, 1.54) is 4.57 Å². The maximum atomic E-state index is 14.5. The first kappa shape index (κ1) is 24.1. The van der Waals surface area contributed by atoms with E-state index in [0.717, 1.165) is 11.3 Å². The summed E-state index contributed by atoms with van der Waals surface area (Å²) in [5, 5.41) is 5.09. The average Bonchev–Trinajstić information content (AvgIpc) is 3.51.